The van der Waals surface area contributed by atoms with Gasteiger partial charge in [-0.1, -0.05) is 36.4 Å². The minimum absolute atomic E-state index is 0. The number of guanidine groups is 1. The van der Waals surface area contributed by atoms with Gasteiger partial charge in [0.1, 0.15) is 5.82 Å². The van der Waals surface area contributed by atoms with Crippen LogP contribution in [0.3, 0.4) is 0 Å². The monoisotopic (exact) mass is 533 g/mol. The third kappa shape index (κ3) is 5.90. The summed E-state index contributed by atoms with van der Waals surface area (Å²) in [4.78, 5) is 14.3. The van der Waals surface area contributed by atoms with Crippen molar-refractivity contribution in [3.05, 3.63) is 66.1 Å². The normalized spacial score (nSPS) is 13.2. The number of aliphatic imine (C=N–C) groups is 1. The van der Waals surface area contributed by atoms with E-state index in [1.165, 1.54) is 0 Å². The van der Waals surface area contributed by atoms with E-state index in [2.05, 4.69) is 32.4 Å². The molecule has 1 aliphatic heterocycles. The lowest BCUT2D eigenvalue weighted by molar-refractivity contribution is 0.297. The largest absolute Gasteiger partial charge is 0.490 e. The summed E-state index contributed by atoms with van der Waals surface area (Å²) in [6.07, 6.45) is 2.77. The van der Waals surface area contributed by atoms with E-state index >= 15 is 0 Å². The molecule has 0 saturated carbocycles. The summed E-state index contributed by atoms with van der Waals surface area (Å²) in [6, 6.07) is 16.2. The lowest BCUT2D eigenvalue weighted by Gasteiger charge is -2.21. The van der Waals surface area contributed by atoms with Gasteiger partial charge in [0.15, 0.2) is 17.5 Å². The highest BCUT2D eigenvalue weighted by Gasteiger charge is 2.13. The first-order chi connectivity index (χ1) is 14.7. The van der Waals surface area contributed by atoms with E-state index in [1.54, 1.807) is 7.05 Å². The van der Waals surface area contributed by atoms with E-state index in [4.69, 9.17) is 9.47 Å². The zero-order valence-electron chi connectivity index (χ0n) is 17.8. The fourth-order valence-corrected chi connectivity index (χ4v) is 3.39. The number of aromatic amines is 1. The number of ether oxygens (including phenoxy) is 2. The Labute approximate surface area is 199 Å². The van der Waals surface area contributed by atoms with Crippen molar-refractivity contribution < 1.29 is 9.47 Å². The molecule has 0 bridgehead atoms. The molecule has 0 amide bonds. The maximum atomic E-state index is 5.78. The van der Waals surface area contributed by atoms with Crippen LogP contribution in [0, 0.1) is 0 Å². The van der Waals surface area contributed by atoms with Crippen LogP contribution in [0.25, 0.3) is 11.3 Å². The van der Waals surface area contributed by atoms with Gasteiger partial charge in [0.25, 0.3) is 0 Å². The van der Waals surface area contributed by atoms with Gasteiger partial charge in [-0.25, -0.2) is 4.98 Å². The van der Waals surface area contributed by atoms with Crippen molar-refractivity contribution in [2.45, 2.75) is 19.5 Å². The number of nitrogens with zero attached hydrogens (tertiary/aromatic N) is 3. The molecule has 1 aromatic heterocycles. The van der Waals surface area contributed by atoms with Crippen LogP contribution in [0.1, 0.15) is 17.8 Å². The molecule has 2 N–H and O–H groups in total. The lowest BCUT2D eigenvalue weighted by atomic mass is 10.2. The van der Waals surface area contributed by atoms with Crippen LogP contribution < -0.4 is 14.8 Å². The molecule has 0 radical (unpaired) electrons. The van der Waals surface area contributed by atoms with Crippen LogP contribution >= 0.6 is 24.0 Å². The summed E-state index contributed by atoms with van der Waals surface area (Å²) in [5.74, 6) is 3.29. The number of imidazole rings is 1. The van der Waals surface area contributed by atoms with E-state index in [0.29, 0.717) is 26.3 Å². The first kappa shape index (κ1) is 22.9. The molecule has 0 atom stereocenters. The minimum atomic E-state index is 0. The summed E-state index contributed by atoms with van der Waals surface area (Å²) < 4.78 is 11.5. The third-order valence-electron chi connectivity index (χ3n) is 4.94. The number of nitrogens with one attached hydrogen (secondary N) is 2. The highest BCUT2D eigenvalue weighted by Crippen LogP contribution is 2.30. The van der Waals surface area contributed by atoms with Gasteiger partial charge in [-0.05, 0) is 23.3 Å². The van der Waals surface area contributed by atoms with Crippen molar-refractivity contribution in [3.63, 3.8) is 0 Å². The number of hydrogen-bond donors (Lipinski definition) is 2. The number of aromatic nitrogens is 2. The molecule has 0 saturated heterocycles. The fourth-order valence-electron chi connectivity index (χ4n) is 3.39. The van der Waals surface area contributed by atoms with Crippen molar-refractivity contribution in [1.29, 1.82) is 0 Å². The van der Waals surface area contributed by atoms with Crippen molar-refractivity contribution >= 4 is 29.9 Å². The van der Waals surface area contributed by atoms with Gasteiger partial charge < -0.3 is 24.7 Å². The number of benzene rings is 2. The van der Waals surface area contributed by atoms with Gasteiger partial charge >= 0.3 is 0 Å². The Bertz CT molecular complexity index is 1010. The number of halogens is 1. The Hall–Kier alpha value is -2.75. The molecule has 8 heteroatoms. The fraction of sp³-hybridized carbons (Fsp3) is 0.304. The van der Waals surface area contributed by atoms with Crippen LogP contribution in [-0.2, 0) is 13.1 Å². The maximum Gasteiger partial charge on any atom is 0.194 e. The van der Waals surface area contributed by atoms with Crippen LogP contribution in [0.4, 0.5) is 0 Å². The van der Waals surface area contributed by atoms with Gasteiger partial charge in [0.2, 0.25) is 0 Å². The minimum Gasteiger partial charge on any atom is -0.490 e. The van der Waals surface area contributed by atoms with Crippen molar-refractivity contribution in [2.24, 2.45) is 4.99 Å². The van der Waals surface area contributed by atoms with Crippen molar-refractivity contribution in [1.82, 2.24) is 20.2 Å². The molecule has 0 aliphatic carbocycles. The molecule has 0 fully saturated rings. The zero-order valence-corrected chi connectivity index (χ0v) is 20.1. The van der Waals surface area contributed by atoms with Crippen molar-refractivity contribution in [3.8, 4) is 22.8 Å². The topological polar surface area (TPSA) is 74.8 Å². The molecule has 0 spiro atoms. The highest BCUT2D eigenvalue weighted by molar-refractivity contribution is 14.0. The predicted molar refractivity (Wildman–Crippen MR) is 133 cm³/mol. The van der Waals surface area contributed by atoms with Gasteiger partial charge in [-0.3, -0.25) is 4.99 Å². The van der Waals surface area contributed by atoms with Crippen LogP contribution in [0.15, 0.2) is 59.7 Å². The zero-order chi connectivity index (χ0) is 20.8. The third-order valence-corrected chi connectivity index (χ3v) is 4.94. The number of hydrogen-bond acceptors (Lipinski definition) is 4. The molecular formula is C23H28IN5O2. The Balaban J connectivity index is 0.00000272. The summed E-state index contributed by atoms with van der Waals surface area (Å²) >= 11 is 0. The Morgan fingerprint density at radius 1 is 1.13 bits per heavy atom. The molecule has 3 aromatic rings. The summed E-state index contributed by atoms with van der Waals surface area (Å²) in [6.45, 7) is 2.64. The predicted octanol–water partition coefficient (Wildman–Crippen LogP) is 4.06. The van der Waals surface area contributed by atoms with Crippen molar-refractivity contribution in [2.75, 3.05) is 27.3 Å². The molecule has 31 heavy (non-hydrogen) atoms. The number of fused-ring (bicyclic) bond motifs is 1. The van der Waals surface area contributed by atoms with Crippen LogP contribution in [0.2, 0.25) is 0 Å². The van der Waals surface area contributed by atoms with Crippen LogP contribution in [-0.4, -0.2) is 48.1 Å². The lowest BCUT2D eigenvalue weighted by Crippen LogP contribution is -2.38. The summed E-state index contributed by atoms with van der Waals surface area (Å²) in [7, 11) is 3.78. The molecule has 7 nitrogen and oxygen atoms in total. The second-order valence-electron chi connectivity index (χ2n) is 7.20. The van der Waals surface area contributed by atoms with Gasteiger partial charge in [0, 0.05) is 27.1 Å². The second kappa shape index (κ2) is 11.0. The standard InChI is InChI=1S/C23H27N5O2.HI/c1-24-23(26-14-17-9-10-20-21(13-17)30-12-6-11-29-20)28(2)16-22-25-15-19(27-22)18-7-4-3-5-8-18;/h3-5,7-10,13,15H,6,11-12,14,16H2,1-2H3,(H,24,26)(H,25,27);1H. The first-order valence-electron chi connectivity index (χ1n) is 10.1. The number of rotatable bonds is 5. The quantitative estimate of drug-likeness (QED) is 0.294. The Morgan fingerprint density at radius 2 is 1.90 bits per heavy atom. The van der Waals surface area contributed by atoms with E-state index < -0.39 is 0 Å². The molecule has 4 rings (SSSR count). The van der Waals surface area contributed by atoms with Gasteiger partial charge in [-0.2, -0.15) is 0 Å². The van der Waals surface area contributed by atoms with Crippen LogP contribution in [0.5, 0.6) is 11.5 Å². The van der Waals surface area contributed by atoms with E-state index in [0.717, 1.165) is 46.5 Å². The van der Waals surface area contributed by atoms with Gasteiger partial charge in [-0.15, -0.1) is 24.0 Å². The molecule has 0 unspecified atom stereocenters. The Morgan fingerprint density at radius 3 is 2.68 bits per heavy atom. The molecule has 164 valence electrons. The smallest absolute Gasteiger partial charge is 0.194 e. The van der Waals surface area contributed by atoms with E-state index in [9.17, 15) is 0 Å². The number of H-pyrrole nitrogens is 1. The molecule has 1 aliphatic rings. The van der Waals surface area contributed by atoms with E-state index in [-0.39, 0.29) is 24.0 Å². The highest BCUT2D eigenvalue weighted by atomic mass is 127. The molecule has 2 heterocycles. The van der Waals surface area contributed by atoms with E-state index in [1.807, 2.05) is 54.5 Å². The molecule has 2 aromatic carbocycles. The first-order valence-corrected chi connectivity index (χ1v) is 10.1. The Kier molecular flexibility index (Phi) is 8.16. The van der Waals surface area contributed by atoms with Gasteiger partial charge in [0.05, 0.1) is 31.6 Å². The maximum absolute atomic E-state index is 5.78. The molecular weight excluding hydrogens is 505 g/mol. The second-order valence-corrected chi connectivity index (χ2v) is 7.20. The SMILES string of the molecule is CN=C(NCc1ccc2c(c1)OCCCO2)N(C)Cc1ncc(-c2ccccc2)[nH]1.I. The summed E-state index contributed by atoms with van der Waals surface area (Å²) in [5.41, 5.74) is 3.24. The average molecular weight is 533 g/mol. The average Bonchev–Trinajstić information content (AvgIpc) is 3.11. The summed E-state index contributed by atoms with van der Waals surface area (Å²) in [5, 5.41) is 3.40.